The Labute approximate surface area is 214 Å². The minimum absolute atomic E-state index is 0.00858. The van der Waals surface area contributed by atoms with Gasteiger partial charge < -0.3 is 14.2 Å². The second kappa shape index (κ2) is 12.1. The zero-order chi connectivity index (χ0) is 25.4. The standard InChI is InChI=1S/C31H35NO4/c1-31(2,3)36-29(33)27(20-19-26(30-34-21-22-35-30)23-13-7-4-8-14-23)32-28(24-15-9-5-10-16-24)25-17-11-6-12-18-25/h4-18,26-27,30H,19-22H2,1-3H3/t26?,27-/m1/s1. The minimum Gasteiger partial charge on any atom is -0.458 e. The summed E-state index contributed by atoms with van der Waals surface area (Å²) in [5.74, 6) is -0.335. The van der Waals surface area contributed by atoms with E-state index in [-0.39, 0.29) is 18.2 Å². The molecule has 188 valence electrons. The van der Waals surface area contributed by atoms with Crippen LogP contribution in [-0.2, 0) is 19.0 Å². The summed E-state index contributed by atoms with van der Waals surface area (Å²) in [6, 6.07) is 29.5. The number of benzene rings is 3. The van der Waals surface area contributed by atoms with Crippen LogP contribution in [0.25, 0.3) is 0 Å². The normalized spacial score (nSPS) is 15.8. The fraction of sp³-hybridized carbons (Fsp3) is 0.355. The maximum Gasteiger partial charge on any atom is 0.331 e. The van der Waals surface area contributed by atoms with Crippen molar-refractivity contribution in [2.24, 2.45) is 4.99 Å². The minimum atomic E-state index is -0.674. The lowest BCUT2D eigenvalue weighted by molar-refractivity contribution is -0.156. The molecule has 1 fully saturated rings. The molecule has 0 spiro atoms. The average molecular weight is 486 g/mol. The summed E-state index contributed by atoms with van der Waals surface area (Å²) in [5, 5.41) is 0. The summed E-state index contributed by atoms with van der Waals surface area (Å²) in [7, 11) is 0. The number of hydrogen-bond donors (Lipinski definition) is 0. The monoisotopic (exact) mass is 485 g/mol. The van der Waals surface area contributed by atoms with Gasteiger partial charge in [-0.05, 0) is 39.2 Å². The van der Waals surface area contributed by atoms with Crippen LogP contribution in [0.1, 0.15) is 56.2 Å². The number of hydrogen-bond acceptors (Lipinski definition) is 5. The molecule has 2 atom stereocenters. The largest absolute Gasteiger partial charge is 0.458 e. The van der Waals surface area contributed by atoms with E-state index in [0.717, 1.165) is 22.4 Å². The molecule has 5 nitrogen and oxygen atoms in total. The van der Waals surface area contributed by atoms with Crippen LogP contribution in [0.3, 0.4) is 0 Å². The highest BCUT2D eigenvalue weighted by Gasteiger charge is 2.32. The lowest BCUT2D eigenvalue weighted by atomic mass is 9.91. The Bertz CT molecular complexity index is 1080. The number of carbonyl (C=O) groups is 1. The predicted molar refractivity (Wildman–Crippen MR) is 142 cm³/mol. The van der Waals surface area contributed by atoms with Crippen LogP contribution in [0.15, 0.2) is 96.0 Å². The molecule has 1 heterocycles. The van der Waals surface area contributed by atoms with Gasteiger partial charge in [0, 0.05) is 17.0 Å². The van der Waals surface area contributed by atoms with Crippen molar-refractivity contribution in [3.63, 3.8) is 0 Å². The molecular formula is C31H35NO4. The molecule has 0 radical (unpaired) electrons. The van der Waals surface area contributed by atoms with Crippen LogP contribution >= 0.6 is 0 Å². The SMILES string of the molecule is CC(C)(C)OC(=O)[C@@H](CCC(c1ccccc1)C1OCCO1)N=C(c1ccccc1)c1ccccc1. The molecule has 0 amide bonds. The number of aliphatic imine (C=N–C) groups is 1. The highest BCUT2D eigenvalue weighted by Crippen LogP contribution is 2.31. The molecule has 0 N–H and O–H groups in total. The van der Waals surface area contributed by atoms with Crippen molar-refractivity contribution >= 4 is 11.7 Å². The van der Waals surface area contributed by atoms with Crippen molar-refractivity contribution in [1.82, 2.24) is 0 Å². The first-order valence-corrected chi connectivity index (χ1v) is 12.6. The van der Waals surface area contributed by atoms with E-state index in [2.05, 4.69) is 12.1 Å². The van der Waals surface area contributed by atoms with Gasteiger partial charge >= 0.3 is 5.97 Å². The third-order valence-corrected chi connectivity index (χ3v) is 6.01. The van der Waals surface area contributed by atoms with Crippen LogP contribution in [0, 0.1) is 0 Å². The molecule has 3 aromatic rings. The van der Waals surface area contributed by atoms with Gasteiger partial charge in [-0.2, -0.15) is 0 Å². The smallest absolute Gasteiger partial charge is 0.331 e. The van der Waals surface area contributed by atoms with Gasteiger partial charge in [0.25, 0.3) is 0 Å². The number of esters is 1. The van der Waals surface area contributed by atoms with E-state index in [1.54, 1.807) is 0 Å². The lowest BCUT2D eigenvalue weighted by Crippen LogP contribution is -2.32. The summed E-state index contributed by atoms with van der Waals surface area (Å²) >= 11 is 0. The van der Waals surface area contributed by atoms with E-state index >= 15 is 0 Å². The zero-order valence-electron chi connectivity index (χ0n) is 21.3. The Balaban J connectivity index is 1.68. The van der Waals surface area contributed by atoms with Crippen LogP contribution in [0.5, 0.6) is 0 Å². The average Bonchev–Trinajstić information content (AvgIpc) is 3.41. The first kappa shape index (κ1) is 25.8. The molecule has 36 heavy (non-hydrogen) atoms. The number of ether oxygens (including phenoxy) is 3. The molecule has 0 aromatic heterocycles. The Morgan fingerprint density at radius 2 is 1.33 bits per heavy atom. The fourth-order valence-electron chi connectivity index (χ4n) is 4.38. The highest BCUT2D eigenvalue weighted by molar-refractivity contribution is 6.13. The Kier molecular flexibility index (Phi) is 8.68. The van der Waals surface area contributed by atoms with Crippen molar-refractivity contribution in [2.45, 2.75) is 57.5 Å². The first-order valence-electron chi connectivity index (χ1n) is 12.6. The number of nitrogens with zero attached hydrogens (tertiary/aromatic N) is 1. The van der Waals surface area contributed by atoms with Crippen molar-refractivity contribution < 1.29 is 19.0 Å². The third kappa shape index (κ3) is 7.12. The molecule has 4 rings (SSSR count). The maximum absolute atomic E-state index is 13.4. The number of rotatable bonds is 9. The molecule has 3 aromatic carbocycles. The quantitative estimate of drug-likeness (QED) is 0.269. The molecule has 1 aliphatic rings. The Morgan fingerprint density at radius 3 is 1.83 bits per heavy atom. The van der Waals surface area contributed by atoms with Crippen LogP contribution in [0.4, 0.5) is 0 Å². The molecule has 0 aliphatic carbocycles. The van der Waals surface area contributed by atoms with Crippen LogP contribution in [-0.4, -0.2) is 42.8 Å². The van der Waals surface area contributed by atoms with E-state index in [1.807, 2.05) is 99.6 Å². The first-order chi connectivity index (χ1) is 17.4. The van der Waals surface area contributed by atoms with Gasteiger partial charge in [0.15, 0.2) is 6.29 Å². The summed E-state index contributed by atoms with van der Waals surface area (Å²) in [6.07, 6.45) is 0.832. The van der Waals surface area contributed by atoms with Crippen LogP contribution in [0.2, 0.25) is 0 Å². The highest BCUT2D eigenvalue weighted by atomic mass is 16.7. The lowest BCUT2D eigenvalue weighted by Gasteiger charge is -2.26. The molecule has 0 bridgehead atoms. The predicted octanol–water partition coefficient (Wildman–Crippen LogP) is 6.17. The molecule has 0 saturated carbocycles. The van der Waals surface area contributed by atoms with Gasteiger partial charge in [-0.3, -0.25) is 4.99 Å². The summed E-state index contributed by atoms with van der Waals surface area (Å²) in [4.78, 5) is 18.5. The van der Waals surface area contributed by atoms with Gasteiger partial charge in [-0.1, -0.05) is 91.0 Å². The van der Waals surface area contributed by atoms with Crippen molar-refractivity contribution in [3.05, 3.63) is 108 Å². The van der Waals surface area contributed by atoms with Gasteiger partial charge in [-0.15, -0.1) is 0 Å². The Hall–Kier alpha value is -3.28. The van der Waals surface area contributed by atoms with E-state index in [4.69, 9.17) is 19.2 Å². The summed E-state index contributed by atoms with van der Waals surface area (Å²) in [5.41, 5.74) is 3.21. The van der Waals surface area contributed by atoms with E-state index in [1.165, 1.54) is 0 Å². The van der Waals surface area contributed by atoms with Crippen molar-refractivity contribution in [3.8, 4) is 0 Å². The fourth-order valence-corrected chi connectivity index (χ4v) is 4.38. The molecule has 1 saturated heterocycles. The van der Waals surface area contributed by atoms with E-state index in [9.17, 15) is 4.79 Å². The van der Waals surface area contributed by atoms with Gasteiger partial charge in [-0.25, -0.2) is 4.79 Å². The maximum atomic E-state index is 13.4. The molecular weight excluding hydrogens is 450 g/mol. The number of carbonyl (C=O) groups excluding carboxylic acids is 1. The third-order valence-electron chi connectivity index (χ3n) is 6.01. The van der Waals surface area contributed by atoms with Crippen molar-refractivity contribution in [2.75, 3.05) is 13.2 Å². The second-order valence-electron chi connectivity index (χ2n) is 9.96. The van der Waals surface area contributed by atoms with E-state index in [0.29, 0.717) is 26.1 Å². The van der Waals surface area contributed by atoms with E-state index < -0.39 is 11.6 Å². The van der Waals surface area contributed by atoms with Crippen molar-refractivity contribution in [1.29, 1.82) is 0 Å². The van der Waals surface area contributed by atoms with Gasteiger partial charge in [0.05, 0.1) is 18.9 Å². The zero-order valence-corrected chi connectivity index (χ0v) is 21.3. The molecule has 1 aliphatic heterocycles. The van der Waals surface area contributed by atoms with Gasteiger partial charge in [0.2, 0.25) is 0 Å². The summed E-state index contributed by atoms with van der Waals surface area (Å²) in [6.45, 7) is 6.80. The molecule has 5 heteroatoms. The molecule has 1 unspecified atom stereocenters. The summed E-state index contributed by atoms with van der Waals surface area (Å²) < 4.78 is 17.6. The van der Waals surface area contributed by atoms with Gasteiger partial charge in [0.1, 0.15) is 11.6 Å². The van der Waals surface area contributed by atoms with Crippen LogP contribution < -0.4 is 0 Å². The Morgan fingerprint density at radius 1 is 0.833 bits per heavy atom. The second-order valence-corrected chi connectivity index (χ2v) is 9.96. The topological polar surface area (TPSA) is 57.1 Å².